The molecule has 1 aromatic heterocycles. The van der Waals surface area contributed by atoms with Gasteiger partial charge in [-0.1, -0.05) is 10.8 Å². The van der Waals surface area contributed by atoms with Crippen molar-refractivity contribution in [3.63, 3.8) is 0 Å². The summed E-state index contributed by atoms with van der Waals surface area (Å²) in [6.07, 6.45) is 2.86. The minimum atomic E-state index is -2.37. The second kappa shape index (κ2) is 10.8. The van der Waals surface area contributed by atoms with Crippen LogP contribution in [0.1, 0.15) is 6.42 Å². The highest BCUT2D eigenvalue weighted by Crippen LogP contribution is 2.47. The van der Waals surface area contributed by atoms with Crippen molar-refractivity contribution in [2.75, 3.05) is 27.1 Å². The molecule has 0 unspecified atom stereocenters. The third-order valence-corrected chi connectivity index (χ3v) is 12.5. The molecule has 110 valence electrons. The van der Waals surface area contributed by atoms with E-state index in [-0.39, 0.29) is 0 Å². The van der Waals surface area contributed by atoms with Crippen molar-refractivity contribution in [1.29, 1.82) is 0 Å². The Kier molecular flexibility index (Phi) is 10.3. The summed E-state index contributed by atoms with van der Waals surface area (Å²) in [6.45, 7) is 0. The molecule has 10 heteroatoms. The van der Waals surface area contributed by atoms with Gasteiger partial charge in [-0.2, -0.15) is 0 Å². The van der Waals surface area contributed by atoms with Crippen LogP contribution in [0.2, 0.25) is 6.04 Å². The van der Waals surface area contributed by atoms with E-state index in [2.05, 4.69) is 4.98 Å². The third-order valence-electron chi connectivity index (χ3n) is 2.23. The maximum atomic E-state index is 5.38. The molecule has 19 heavy (non-hydrogen) atoms. The highest BCUT2D eigenvalue weighted by Gasteiger charge is 2.36. The molecule has 0 fully saturated rings. The van der Waals surface area contributed by atoms with Gasteiger partial charge in [0.05, 0.1) is 0 Å². The molecule has 0 bridgehead atoms. The normalized spacial score (nSPS) is 11.9. The second-order valence-corrected chi connectivity index (χ2v) is 13.4. The number of rotatable bonds is 11. The van der Waals surface area contributed by atoms with Gasteiger partial charge in [-0.15, -0.1) is 11.3 Å². The molecule has 0 N–H and O–H groups in total. The minimum absolute atomic E-state index is 0.856. The van der Waals surface area contributed by atoms with E-state index in [1.54, 1.807) is 63.1 Å². The van der Waals surface area contributed by atoms with Crippen molar-refractivity contribution >= 4 is 61.4 Å². The van der Waals surface area contributed by atoms with Crippen LogP contribution in [-0.4, -0.2) is 40.9 Å². The lowest BCUT2D eigenvalue weighted by atomic mass is 10.6. The number of thiazole rings is 1. The van der Waals surface area contributed by atoms with Gasteiger partial charge in [-0.3, -0.25) is 0 Å². The number of hydrogen-bond acceptors (Lipinski definition) is 9. The molecule has 1 heterocycles. The third kappa shape index (κ3) is 7.09. The molecule has 4 nitrogen and oxygen atoms in total. The van der Waals surface area contributed by atoms with E-state index in [1.165, 1.54) is 0 Å². The Bertz CT molecular complexity index is 317. The van der Waals surface area contributed by atoms with E-state index in [0.717, 1.165) is 22.6 Å². The zero-order chi connectivity index (χ0) is 14.0. The van der Waals surface area contributed by atoms with Crippen LogP contribution in [0, 0.1) is 0 Å². The number of aromatic nitrogens is 1. The molecule has 1 rings (SSSR count). The zero-order valence-electron chi connectivity index (χ0n) is 11.0. The van der Waals surface area contributed by atoms with Crippen molar-refractivity contribution in [2.24, 2.45) is 0 Å². The first-order valence-electron chi connectivity index (χ1n) is 5.44. The Balaban J connectivity index is 2.01. The summed E-state index contributed by atoms with van der Waals surface area (Å²) in [6, 6.07) is 0.856. The lowest BCUT2D eigenvalue weighted by Gasteiger charge is -2.23. The zero-order valence-corrected chi connectivity index (χ0v) is 16.1. The summed E-state index contributed by atoms with van der Waals surface area (Å²) in [5.41, 5.74) is 0. The predicted octanol–water partition coefficient (Wildman–Crippen LogP) is 4.45. The van der Waals surface area contributed by atoms with Crippen molar-refractivity contribution in [3.8, 4) is 0 Å². The molecule has 0 atom stereocenters. The minimum Gasteiger partial charge on any atom is -0.377 e. The monoisotopic (exact) mass is 375 g/mol. The molecule has 1 aromatic rings. The molecule has 0 spiro atoms. The number of nitrogens with zero attached hydrogens (tertiary/aromatic N) is 1. The Morgan fingerprint density at radius 3 is 2.53 bits per heavy atom. The van der Waals surface area contributed by atoms with E-state index in [9.17, 15) is 0 Å². The maximum absolute atomic E-state index is 5.38. The van der Waals surface area contributed by atoms with E-state index >= 15 is 0 Å². The largest absolute Gasteiger partial charge is 0.500 e. The van der Waals surface area contributed by atoms with Crippen LogP contribution in [0.15, 0.2) is 15.9 Å². The van der Waals surface area contributed by atoms with Crippen LogP contribution in [0.5, 0.6) is 0 Å². The molecule has 0 aliphatic carbocycles. The smallest absolute Gasteiger partial charge is 0.377 e. The van der Waals surface area contributed by atoms with Gasteiger partial charge in [-0.25, -0.2) is 4.98 Å². The Morgan fingerprint density at radius 2 is 1.95 bits per heavy atom. The molecular weight excluding hydrogens is 359 g/mol. The molecule has 0 saturated carbocycles. The standard InChI is InChI=1S/C9H17NO3S5Si/c1-11-19(12-2,13-3)8-4-6-15-17-18-16-9-10-5-7-14-9/h5,7H,4,6,8H2,1-3H3. The van der Waals surface area contributed by atoms with Gasteiger partial charge < -0.3 is 13.3 Å². The van der Waals surface area contributed by atoms with Crippen LogP contribution in [0.25, 0.3) is 0 Å². The van der Waals surface area contributed by atoms with Crippen LogP contribution in [0.3, 0.4) is 0 Å². The summed E-state index contributed by atoms with van der Waals surface area (Å²) in [5.74, 6) is 1.06. The van der Waals surface area contributed by atoms with Gasteiger partial charge in [0, 0.05) is 44.7 Å². The van der Waals surface area contributed by atoms with E-state index in [1.807, 2.05) is 22.4 Å². The molecule has 0 saturated heterocycles. The van der Waals surface area contributed by atoms with Crippen LogP contribution < -0.4 is 0 Å². The molecule has 0 radical (unpaired) electrons. The van der Waals surface area contributed by atoms with Crippen LogP contribution in [-0.2, 0) is 13.3 Å². The van der Waals surface area contributed by atoms with Gasteiger partial charge in [0.25, 0.3) is 0 Å². The lowest BCUT2D eigenvalue weighted by molar-refractivity contribution is 0.123. The molecule has 0 amide bonds. The van der Waals surface area contributed by atoms with Gasteiger partial charge in [0.15, 0.2) is 4.34 Å². The van der Waals surface area contributed by atoms with Crippen molar-refractivity contribution in [1.82, 2.24) is 4.98 Å². The van der Waals surface area contributed by atoms with Gasteiger partial charge >= 0.3 is 8.80 Å². The Hall–Kier alpha value is 1.13. The van der Waals surface area contributed by atoms with E-state index in [0.29, 0.717) is 0 Å². The summed E-state index contributed by atoms with van der Waals surface area (Å²) in [4.78, 5) is 4.21. The molecule has 0 aliphatic rings. The van der Waals surface area contributed by atoms with Crippen LogP contribution >= 0.6 is 52.6 Å². The molecular formula is C9H17NO3S5Si. The fourth-order valence-electron chi connectivity index (χ4n) is 1.25. The summed E-state index contributed by atoms with van der Waals surface area (Å²) >= 11 is 1.67. The fourth-order valence-corrected chi connectivity index (χ4v) is 10.2. The quantitative estimate of drug-likeness (QED) is 0.319. The number of hydrogen-bond donors (Lipinski definition) is 0. The van der Waals surface area contributed by atoms with Crippen molar-refractivity contribution < 1.29 is 13.3 Å². The second-order valence-electron chi connectivity index (χ2n) is 3.24. The average Bonchev–Trinajstić information content (AvgIpc) is 2.96. The SMILES string of the molecule is CO[Si](CCCSSSSc1nccs1)(OC)OC. The van der Waals surface area contributed by atoms with Gasteiger partial charge in [0.2, 0.25) is 0 Å². The topological polar surface area (TPSA) is 40.6 Å². The summed E-state index contributed by atoms with van der Waals surface area (Å²) in [7, 11) is 9.66. The summed E-state index contributed by atoms with van der Waals surface area (Å²) < 4.78 is 17.2. The molecule has 0 aromatic carbocycles. The predicted molar refractivity (Wildman–Crippen MR) is 91.8 cm³/mol. The van der Waals surface area contributed by atoms with E-state index in [4.69, 9.17) is 13.3 Å². The Morgan fingerprint density at radius 1 is 1.21 bits per heavy atom. The average molecular weight is 376 g/mol. The molecule has 0 aliphatic heterocycles. The Labute approximate surface area is 134 Å². The maximum Gasteiger partial charge on any atom is 0.500 e. The van der Waals surface area contributed by atoms with Crippen molar-refractivity contribution in [2.45, 2.75) is 16.8 Å². The highest BCUT2D eigenvalue weighted by atomic mass is 33.7. The summed E-state index contributed by atoms with van der Waals surface area (Å²) in [5, 5.41) is 1.99. The van der Waals surface area contributed by atoms with Gasteiger partial charge in [-0.05, 0) is 36.9 Å². The first-order valence-corrected chi connectivity index (χ1v) is 13.2. The first kappa shape index (κ1) is 18.2. The fraction of sp³-hybridized carbons (Fsp3) is 0.667. The van der Waals surface area contributed by atoms with E-state index < -0.39 is 8.80 Å². The van der Waals surface area contributed by atoms with Crippen LogP contribution in [0.4, 0.5) is 0 Å². The van der Waals surface area contributed by atoms with Gasteiger partial charge in [0.1, 0.15) is 0 Å². The lowest BCUT2D eigenvalue weighted by Crippen LogP contribution is -2.42. The van der Waals surface area contributed by atoms with Crippen molar-refractivity contribution in [3.05, 3.63) is 11.6 Å². The first-order chi connectivity index (χ1) is 9.26. The highest BCUT2D eigenvalue weighted by molar-refractivity contribution is 9.26.